The summed E-state index contributed by atoms with van der Waals surface area (Å²) in [6.07, 6.45) is -1.05. The summed E-state index contributed by atoms with van der Waals surface area (Å²) in [6, 6.07) is 4.28. The number of carbonyl (C=O) groups excluding carboxylic acids is 2. The Hall–Kier alpha value is -2.44. The molecule has 1 aromatic carbocycles. The molecule has 0 saturated heterocycles. The molecule has 1 atom stereocenters. The molecule has 0 aliphatic rings. The average molecular weight is 308 g/mol. The van der Waals surface area contributed by atoms with Gasteiger partial charge in [-0.1, -0.05) is 12.1 Å². The van der Waals surface area contributed by atoms with E-state index in [1.165, 1.54) is 19.1 Å². The quantitative estimate of drug-likeness (QED) is 0.523. The summed E-state index contributed by atoms with van der Waals surface area (Å²) in [7, 11) is 0. The first-order valence-corrected chi connectivity index (χ1v) is 6.80. The predicted octanol–water partition coefficient (Wildman–Crippen LogP) is 2.36. The van der Waals surface area contributed by atoms with Gasteiger partial charge in [-0.2, -0.15) is 0 Å². The lowest BCUT2D eigenvalue weighted by Gasteiger charge is -2.23. The number of nitrogens with zero attached hydrogens (tertiary/aromatic N) is 1. The minimum Gasteiger partial charge on any atom is -0.449 e. The number of hydrogen-bond donors (Lipinski definition) is 1. The molecule has 0 heterocycles. The molecule has 0 aromatic heterocycles. The second kappa shape index (κ2) is 6.55. The van der Waals surface area contributed by atoms with Gasteiger partial charge in [-0.05, 0) is 40.2 Å². The lowest BCUT2D eigenvalue weighted by Crippen LogP contribution is -2.46. The first kappa shape index (κ1) is 17.6. The highest BCUT2D eigenvalue weighted by atomic mass is 16.6. The van der Waals surface area contributed by atoms with Gasteiger partial charge in [-0.3, -0.25) is 14.9 Å². The molecule has 7 heteroatoms. The largest absolute Gasteiger partial charge is 0.449 e. The van der Waals surface area contributed by atoms with E-state index in [0.29, 0.717) is 5.56 Å². The van der Waals surface area contributed by atoms with E-state index in [1.807, 2.05) is 0 Å². The van der Waals surface area contributed by atoms with Crippen LogP contribution in [-0.2, 0) is 9.53 Å². The third kappa shape index (κ3) is 4.54. The zero-order valence-electron chi connectivity index (χ0n) is 13.3. The van der Waals surface area contributed by atoms with Crippen LogP contribution in [0.1, 0.15) is 43.6 Å². The number of nitrogens with one attached hydrogen (secondary N) is 1. The summed E-state index contributed by atoms with van der Waals surface area (Å²) in [4.78, 5) is 34.4. The van der Waals surface area contributed by atoms with E-state index in [0.717, 1.165) is 0 Å². The number of nitro groups is 1. The lowest BCUT2D eigenvalue weighted by molar-refractivity contribution is -0.385. The van der Waals surface area contributed by atoms with E-state index in [9.17, 15) is 19.7 Å². The van der Waals surface area contributed by atoms with Crippen molar-refractivity contribution in [3.63, 3.8) is 0 Å². The summed E-state index contributed by atoms with van der Waals surface area (Å²) >= 11 is 0. The van der Waals surface area contributed by atoms with Crippen LogP contribution in [0.15, 0.2) is 18.2 Å². The van der Waals surface area contributed by atoms with Crippen molar-refractivity contribution in [2.75, 3.05) is 0 Å². The Morgan fingerprint density at radius 2 is 1.91 bits per heavy atom. The second-order valence-corrected chi connectivity index (χ2v) is 6.01. The molecule has 1 N–H and O–H groups in total. The summed E-state index contributed by atoms with van der Waals surface area (Å²) in [5.74, 6) is -1.35. The fraction of sp³-hybridized carbons (Fsp3) is 0.467. The minimum atomic E-state index is -1.05. The summed E-state index contributed by atoms with van der Waals surface area (Å²) in [5, 5.41) is 13.7. The Labute approximate surface area is 128 Å². The lowest BCUT2D eigenvalue weighted by atomic mass is 10.1. The van der Waals surface area contributed by atoms with E-state index in [-0.39, 0.29) is 11.3 Å². The fourth-order valence-corrected chi connectivity index (χ4v) is 1.81. The van der Waals surface area contributed by atoms with Crippen molar-refractivity contribution >= 4 is 17.6 Å². The van der Waals surface area contributed by atoms with Crippen molar-refractivity contribution < 1.29 is 19.2 Å². The Morgan fingerprint density at radius 1 is 1.32 bits per heavy atom. The monoisotopic (exact) mass is 308 g/mol. The summed E-state index contributed by atoms with van der Waals surface area (Å²) < 4.78 is 5.06. The van der Waals surface area contributed by atoms with Gasteiger partial charge in [0.15, 0.2) is 6.10 Å². The molecule has 22 heavy (non-hydrogen) atoms. The van der Waals surface area contributed by atoms with Crippen molar-refractivity contribution in [3.8, 4) is 0 Å². The van der Waals surface area contributed by atoms with E-state index in [4.69, 9.17) is 4.74 Å². The molecule has 0 fully saturated rings. The molecule has 120 valence electrons. The van der Waals surface area contributed by atoms with Gasteiger partial charge in [0.25, 0.3) is 11.6 Å². The van der Waals surface area contributed by atoms with Gasteiger partial charge in [0, 0.05) is 11.6 Å². The second-order valence-electron chi connectivity index (χ2n) is 6.01. The van der Waals surface area contributed by atoms with Crippen LogP contribution in [0.25, 0.3) is 0 Å². The van der Waals surface area contributed by atoms with Crippen LogP contribution in [0, 0.1) is 17.0 Å². The molecule has 0 spiro atoms. The first-order valence-electron chi connectivity index (χ1n) is 6.80. The van der Waals surface area contributed by atoms with Gasteiger partial charge < -0.3 is 10.1 Å². The van der Waals surface area contributed by atoms with Crippen LogP contribution in [0.4, 0.5) is 5.69 Å². The van der Waals surface area contributed by atoms with E-state index in [2.05, 4.69) is 5.32 Å². The number of rotatable bonds is 4. The Balaban J connectivity index is 2.95. The highest BCUT2D eigenvalue weighted by Crippen LogP contribution is 2.23. The van der Waals surface area contributed by atoms with Gasteiger partial charge in [0.2, 0.25) is 0 Å². The van der Waals surface area contributed by atoms with Gasteiger partial charge in [0.1, 0.15) is 5.56 Å². The van der Waals surface area contributed by atoms with Crippen molar-refractivity contribution in [1.29, 1.82) is 0 Å². The molecule has 0 bridgehead atoms. The van der Waals surface area contributed by atoms with E-state index in [1.54, 1.807) is 33.8 Å². The van der Waals surface area contributed by atoms with Crippen LogP contribution < -0.4 is 5.32 Å². The Morgan fingerprint density at radius 3 is 2.41 bits per heavy atom. The zero-order valence-corrected chi connectivity index (χ0v) is 13.3. The molecule has 7 nitrogen and oxygen atoms in total. The topological polar surface area (TPSA) is 98.5 Å². The Bertz CT molecular complexity index is 604. The number of aryl methyl sites for hydroxylation is 1. The first-order chi connectivity index (χ1) is 10.0. The SMILES string of the molecule is Cc1cccc([N+](=O)[O-])c1C(=O)O[C@@H](C)C(=O)NC(C)(C)C. The van der Waals surface area contributed by atoms with E-state index >= 15 is 0 Å². The number of ether oxygens (including phenoxy) is 1. The van der Waals surface area contributed by atoms with Crippen molar-refractivity contribution in [2.45, 2.75) is 46.3 Å². The maximum absolute atomic E-state index is 12.2. The number of benzene rings is 1. The maximum atomic E-state index is 12.2. The molecule has 1 aromatic rings. The van der Waals surface area contributed by atoms with Gasteiger partial charge in [0.05, 0.1) is 4.92 Å². The third-order valence-electron chi connectivity index (χ3n) is 2.80. The number of nitro benzene ring substituents is 1. The van der Waals surface area contributed by atoms with Crippen LogP contribution >= 0.6 is 0 Å². The summed E-state index contributed by atoms with van der Waals surface area (Å²) in [6.45, 7) is 8.38. The van der Waals surface area contributed by atoms with Crippen LogP contribution in [0.3, 0.4) is 0 Å². The molecular weight excluding hydrogens is 288 g/mol. The zero-order chi connectivity index (χ0) is 17.1. The van der Waals surface area contributed by atoms with Crippen LogP contribution in [-0.4, -0.2) is 28.4 Å². The fourth-order valence-electron chi connectivity index (χ4n) is 1.81. The van der Waals surface area contributed by atoms with Gasteiger partial charge >= 0.3 is 5.97 Å². The number of hydrogen-bond acceptors (Lipinski definition) is 5. The standard InChI is InChI=1S/C15H20N2O5/c1-9-7-6-8-11(17(20)21)12(9)14(19)22-10(2)13(18)16-15(3,4)5/h6-8,10H,1-5H3,(H,16,18)/t10-/m0/s1. The Kier molecular flexibility index (Phi) is 5.24. The smallest absolute Gasteiger partial charge is 0.346 e. The molecule has 1 amide bonds. The molecule has 0 radical (unpaired) electrons. The molecule has 0 aliphatic heterocycles. The number of carbonyl (C=O) groups is 2. The van der Waals surface area contributed by atoms with Crippen molar-refractivity contribution in [1.82, 2.24) is 5.32 Å². The summed E-state index contributed by atoms with van der Waals surface area (Å²) in [5.41, 5.74) is -0.522. The maximum Gasteiger partial charge on any atom is 0.346 e. The van der Waals surface area contributed by atoms with Gasteiger partial charge in [-0.15, -0.1) is 0 Å². The highest BCUT2D eigenvalue weighted by Gasteiger charge is 2.28. The van der Waals surface area contributed by atoms with Crippen LogP contribution in [0.5, 0.6) is 0 Å². The molecule has 0 saturated carbocycles. The molecule has 0 unspecified atom stereocenters. The highest BCUT2D eigenvalue weighted by molar-refractivity contribution is 5.97. The van der Waals surface area contributed by atoms with Gasteiger partial charge in [-0.25, -0.2) is 4.79 Å². The van der Waals surface area contributed by atoms with E-state index < -0.39 is 28.4 Å². The molecule has 0 aliphatic carbocycles. The van der Waals surface area contributed by atoms with Crippen molar-refractivity contribution in [3.05, 3.63) is 39.4 Å². The average Bonchev–Trinajstić information content (AvgIpc) is 2.35. The molecular formula is C15H20N2O5. The molecule has 1 rings (SSSR count). The number of amides is 1. The number of esters is 1. The van der Waals surface area contributed by atoms with Crippen molar-refractivity contribution in [2.24, 2.45) is 0 Å². The minimum absolute atomic E-state index is 0.136. The van der Waals surface area contributed by atoms with Crippen LogP contribution in [0.2, 0.25) is 0 Å². The third-order valence-corrected chi connectivity index (χ3v) is 2.80. The normalized spacial score (nSPS) is 12.4. The predicted molar refractivity (Wildman–Crippen MR) is 80.6 cm³/mol.